The molecule has 0 bridgehead atoms. The Kier molecular flexibility index (Phi) is 3.33. The fourth-order valence-corrected chi connectivity index (χ4v) is 1.81. The smallest absolute Gasteiger partial charge is 0.0348 e. The first-order chi connectivity index (χ1) is 7.40. The molecule has 2 heteroatoms. The molecule has 2 nitrogen and oxygen atoms in total. The number of nitrogens with one attached hydrogen (secondary N) is 1. The molecule has 0 spiro atoms. The predicted molar refractivity (Wildman–Crippen MR) is 63.8 cm³/mol. The first-order valence-corrected chi connectivity index (χ1v) is 5.29. The van der Waals surface area contributed by atoms with Crippen LogP contribution in [-0.2, 0) is 6.54 Å². The Morgan fingerprint density at radius 2 is 2.20 bits per heavy atom. The van der Waals surface area contributed by atoms with Crippen molar-refractivity contribution in [3.8, 4) is 0 Å². The number of nitrogens with two attached hydrogens (primary N) is 1. The minimum absolute atomic E-state index is 0.713. The average molecular weight is 200 g/mol. The molecule has 1 aromatic carbocycles. The third kappa shape index (κ3) is 2.55. The van der Waals surface area contributed by atoms with E-state index < -0.39 is 0 Å². The zero-order valence-corrected chi connectivity index (χ0v) is 8.74. The summed E-state index contributed by atoms with van der Waals surface area (Å²) >= 11 is 0. The molecule has 0 aromatic heterocycles. The van der Waals surface area contributed by atoms with Crippen molar-refractivity contribution in [2.24, 2.45) is 5.84 Å². The monoisotopic (exact) mass is 200 g/mol. The summed E-state index contributed by atoms with van der Waals surface area (Å²) in [4.78, 5) is 0. The highest BCUT2D eigenvalue weighted by molar-refractivity contribution is 5.75. The van der Waals surface area contributed by atoms with E-state index in [1.54, 1.807) is 0 Å². The van der Waals surface area contributed by atoms with Crippen molar-refractivity contribution in [2.45, 2.75) is 19.4 Å². The number of hydrogen-bond acceptors (Lipinski definition) is 2. The van der Waals surface area contributed by atoms with Gasteiger partial charge in [-0.1, -0.05) is 36.4 Å². The van der Waals surface area contributed by atoms with E-state index in [0.717, 1.165) is 12.8 Å². The van der Waals surface area contributed by atoms with Crippen LogP contribution in [0.3, 0.4) is 0 Å². The third-order valence-corrected chi connectivity index (χ3v) is 2.56. The standard InChI is InChI=1S/C13H16N2/c14-15-10-11-5-4-8-13(9-11)12-6-2-1-3-7-12/h2,4-9,15H,1,3,10,14H2. The molecule has 0 unspecified atom stereocenters. The van der Waals surface area contributed by atoms with Gasteiger partial charge in [0.25, 0.3) is 0 Å². The molecule has 1 aromatic rings. The maximum Gasteiger partial charge on any atom is 0.0348 e. The summed E-state index contributed by atoms with van der Waals surface area (Å²) in [6.45, 7) is 0.713. The Labute approximate surface area is 90.5 Å². The second kappa shape index (κ2) is 4.91. The van der Waals surface area contributed by atoms with E-state index in [4.69, 9.17) is 5.84 Å². The summed E-state index contributed by atoms with van der Waals surface area (Å²) in [7, 11) is 0. The van der Waals surface area contributed by atoms with Crippen LogP contribution in [0.25, 0.3) is 5.57 Å². The fraction of sp³-hybridized carbons (Fsp3) is 0.231. The van der Waals surface area contributed by atoms with Crippen molar-refractivity contribution >= 4 is 5.57 Å². The molecule has 78 valence electrons. The van der Waals surface area contributed by atoms with Crippen LogP contribution in [0.4, 0.5) is 0 Å². The molecule has 0 atom stereocenters. The van der Waals surface area contributed by atoms with Crippen LogP contribution in [0, 0.1) is 0 Å². The lowest BCUT2D eigenvalue weighted by molar-refractivity contribution is 0.741. The van der Waals surface area contributed by atoms with Crippen molar-refractivity contribution in [1.82, 2.24) is 5.43 Å². The molecule has 1 aliphatic carbocycles. The van der Waals surface area contributed by atoms with E-state index in [1.165, 1.54) is 16.7 Å². The highest BCUT2D eigenvalue weighted by Crippen LogP contribution is 2.21. The highest BCUT2D eigenvalue weighted by atomic mass is 15.2. The van der Waals surface area contributed by atoms with E-state index in [2.05, 4.69) is 47.9 Å². The second-order valence-electron chi connectivity index (χ2n) is 3.72. The molecule has 2 rings (SSSR count). The van der Waals surface area contributed by atoms with Gasteiger partial charge in [-0.05, 0) is 35.6 Å². The largest absolute Gasteiger partial charge is 0.271 e. The molecule has 0 saturated carbocycles. The van der Waals surface area contributed by atoms with Gasteiger partial charge in [0.1, 0.15) is 0 Å². The third-order valence-electron chi connectivity index (χ3n) is 2.56. The Morgan fingerprint density at radius 3 is 2.93 bits per heavy atom. The van der Waals surface area contributed by atoms with E-state index >= 15 is 0 Å². The van der Waals surface area contributed by atoms with Crippen molar-refractivity contribution in [3.05, 3.63) is 53.6 Å². The lowest BCUT2D eigenvalue weighted by Crippen LogP contribution is -2.20. The second-order valence-corrected chi connectivity index (χ2v) is 3.72. The van der Waals surface area contributed by atoms with Gasteiger partial charge in [-0.25, -0.2) is 0 Å². The number of allylic oxidation sites excluding steroid dienone is 4. The highest BCUT2D eigenvalue weighted by Gasteiger charge is 2.01. The van der Waals surface area contributed by atoms with Gasteiger partial charge in [-0.15, -0.1) is 0 Å². The van der Waals surface area contributed by atoms with E-state index in [-0.39, 0.29) is 0 Å². The molecule has 3 N–H and O–H groups in total. The molecule has 0 heterocycles. The van der Waals surface area contributed by atoms with Gasteiger partial charge in [0.15, 0.2) is 0 Å². The van der Waals surface area contributed by atoms with Crippen molar-refractivity contribution in [2.75, 3.05) is 0 Å². The number of hydrogen-bond donors (Lipinski definition) is 2. The molecule has 0 radical (unpaired) electrons. The maximum absolute atomic E-state index is 5.31. The summed E-state index contributed by atoms with van der Waals surface area (Å²) in [5.74, 6) is 5.31. The molecule has 0 saturated heterocycles. The molecule has 1 aliphatic rings. The first kappa shape index (κ1) is 10.1. The van der Waals surface area contributed by atoms with Gasteiger partial charge in [0, 0.05) is 6.54 Å². The normalized spacial score (nSPS) is 15.1. The van der Waals surface area contributed by atoms with Gasteiger partial charge < -0.3 is 0 Å². The zero-order chi connectivity index (χ0) is 10.5. The molecular weight excluding hydrogens is 184 g/mol. The zero-order valence-electron chi connectivity index (χ0n) is 8.74. The van der Waals surface area contributed by atoms with E-state index in [0.29, 0.717) is 6.54 Å². The molecule has 0 amide bonds. The SMILES string of the molecule is NNCc1cccc(C2=CCCC=C2)c1. The quantitative estimate of drug-likeness (QED) is 0.580. The van der Waals surface area contributed by atoms with Crippen LogP contribution in [0.2, 0.25) is 0 Å². The average Bonchev–Trinajstić information content (AvgIpc) is 2.31. The Balaban J connectivity index is 2.24. The van der Waals surface area contributed by atoms with Crippen LogP contribution in [-0.4, -0.2) is 0 Å². The van der Waals surface area contributed by atoms with E-state index in [9.17, 15) is 0 Å². The summed E-state index contributed by atoms with van der Waals surface area (Å²) in [6.07, 6.45) is 9.01. The molecule has 0 fully saturated rings. The Hall–Kier alpha value is -1.38. The van der Waals surface area contributed by atoms with Gasteiger partial charge in [-0.2, -0.15) is 0 Å². The lowest BCUT2D eigenvalue weighted by Gasteiger charge is -2.08. The lowest BCUT2D eigenvalue weighted by atomic mass is 9.98. The molecule has 0 aliphatic heterocycles. The fourth-order valence-electron chi connectivity index (χ4n) is 1.81. The van der Waals surface area contributed by atoms with E-state index in [1.807, 2.05) is 0 Å². The number of benzene rings is 1. The number of rotatable bonds is 3. The molecular formula is C13H16N2. The van der Waals surface area contributed by atoms with Crippen molar-refractivity contribution < 1.29 is 0 Å². The summed E-state index contributed by atoms with van der Waals surface area (Å²) in [6, 6.07) is 8.48. The molecule has 15 heavy (non-hydrogen) atoms. The van der Waals surface area contributed by atoms with Gasteiger partial charge in [0.05, 0.1) is 0 Å². The van der Waals surface area contributed by atoms with Crippen LogP contribution in [0.1, 0.15) is 24.0 Å². The van der Waals surface area contributed by atoms with Gasteiger partial charge in [-0.3, -0.25) is 11.3 Å². The summed E-state index contributed by atoms with van der Waals surface area (Å²) in [5, 5.41) is 0. The first-order valence-electron chi connectivity index (χ1n) is 5.29. The van der Waals surface area contributed by atoms with Crippen molar-refractivity contribution in [3.63, 3.8) is 0 Å². The minimum Gasteiger partial charge on any atom is -0.271 e. The van der Waals surface area contributed by atoms with Crippen LogP contribution in [0.5, 0.6) is 0 Å². The predicted octanol–water partition coefficient (Wildman–Crippen LogP) is 2.38. The number of hydrazine groups is 1. The maximum atomic E-state index is 5.31. The van der Waals surface area contributed by atoms with Gasteiger partial charge >= 0.3 is 0 Å². The van der Waals surface area contributed by atoms with Crippen molar-refractivity contribution in [1.29, 1.82) is 0 Å². The van der Waals surface area contributed by atoms with Crippen LogP contribution < -0.4 is 11.3 Å². The van der Waals surface area contributed by atoms with Gasteiger partial charge in [0.2, 0.25) is 0 Å². The topological polar surface area (TPSA) is 38.0 Å². The Bertz CT molecular complexity index is 391. The summed E-state index contributed by atoms with van der Waals surface area (Å²) < 4.78 is 0. The van der Waals surface area contributed by atoms with Crippen LogP contribution >= 0.6 is 0 Å². The Morgan fingerprint density at radius 1 is 1.27 bits per heavy atom. The summed E-state index contributed by atoms with van der Waals surface area (Å²) in [5.41, 5.74) is 6.49. The van der Waals surface area contributed by atoms with Crippen LogP contribution in [0.15, 0.2) is 42.5 Å². The minimum atomic E-state index is 0.713.